The van der Waals surface area contributed by atoms with Gasteiger partial charge in [0.15, 0.2) is 0 Å². The fraction of sp³-hybridized carbons (Fsp3) is 0.0625. The lowest BCUT2D eigenvalue weighted by Gasteiger charge is -2.16. The number of aromatic nitrogens is 4. The molecule has 174 valence electrons. The number of H-pyrrole nitrogens is 2. The van der Waals surface area contributed by atoms with Gasteiger partial charge in [-0.05, 0) is 34.4 Å². The minimum atomic E-state index is 0.0634. The van der Waals surface area contributed by atoms with Crippen LogP contribution < -0.4 is 0 Å². The van der Waals surface area contributed by atoms with E-state index in [0.29, 0.717) is 0 Å². The molecule has 0 aliphatic carbocycles. The zero-order chi connectivity index (χ0) is 24.2. The minimum absolute atomic E-state index is 0.0634. The zero-order valence-corrected chi connectivity index (χ0v) is 19.8. The van der Waals surface area contributed by atoms with Crippen LogP contribution in [0.2, 0.25) is 0 Å². The number of hydrogen-bond acceptors (Lipinski definition) is 2. The molecule has 0 amide bonds. The maximum Gasteiger partial charge on any atom is 0.113 e. The van der Waals surface area contributed by atoms with Gasteiger partial charge in [-0.2, -0.15) is 10.2 Å². The molecule has 0 spiro atoms. The summed E-state index contributed by atoms with van der Waals surface area (Å²) in [6.45, 7) is 0. The third-order valence-corrected chi connectivity index (χ3v) is 6.61. The van der Waals surface area contributed by atoms with E-state index < -0.39 is 0 Å². The Labute approximate surface area is 210 Å². The van der Waals surface area contributed by atoms with Crippen LogP contribution in [-0.4, -0.2) is 20.4 Å². The van der Waals surface area contributed by atoms with Gasteiger partial charge in [-0.25, -0.2) is 0 Å². The van der Waals surface area contributed by atoms with Crippen molar-refractivity contribution in [3.05, 3.63) is 167 Å². The molecule has 6 aromatic rings. The molecule has 0 radical (unpaired) electrons. The Morgan fingerprint density at radius 1 is 0.389 bits per heavy atom. The molecule has 0 atom stereocenters. The largest absolute Gasteiger partial charge is 0.281 e. The molecular weight excluding hydrogens is 440 g/mol. The number of nitrogens with zero attached hydrogens (tertiary/aromatic N) is 2. The lowest BCUT2D eigenvalue weighted by Crippen LogP contribution is -2.03. The Morgan fingerprint density at radius 2 is 0.667 bits per heavy atom. The molecule has 2 heterocycles. The highest BCUT2D eigenvalue weighted by Gasteiger charge is 2.22. The second-order valence-electron chi connectivity index (χ2n) is 8.93. The Morgan fingerprint density at radius 3 is 0.944 bits per heavy atom. The molecule has 6 rings (SSSR count). The third kappa shape index (κ3) is 4.37. The van der Waals surface area contributed by atoms with E-state index in [1.807, 2.05) is 24.3 Å². The van der Waals surface area contributed by atoms with Crippen molar-refractivity contribution in [2.75, 3.05) is 0 Å². The average Bonchev–Trinajstić information content (AvgIpc) is 3.62. The number of nitrogens with one attached hydrogen (secondary N) is 2. The summed E-state index contributed by atoms with van der Waals surface area (Å²) >= 11 is 0. The predicted octanol–water partition coefficient (Wildman–Crippen LogP) is 7.16. The Kier molecular flexibility index (Phi) is 5.99. The van der Waals surface area contributed by atoms with Gasteiger partial charge in [-0.1, -0.05) is 121 Å². The topological polar surface area (TPSA) is 57.4 Å². The van der Waals surface area contributed by atoms with Gasteiger partial charge in [0.2, 0.25) is 0 Å². The molecule has 36 heavy (non-hydrogen) atoms. The SMILES string of the molecule is c1ccc(C(c2ccccc2)c2cc(-c3cc(C(c4ccccc4)c4ccccc4)[nH]n3)n[nH]2)cc1. The summed E-state index contributed by atoms with van der Waals surface area (Å²) in [5.41, 5.74) is 8.59. The van der Waals surface area contributed by atoms with Crippen molar-refractivity contribution < 1.29 is 0 Å². The first-order valence-electron chi connectivity index (χ1n) is 12.2. The summed E-state index contributed by atoms with van der Waals surface area (Å²) in [7, 11) is 0. The molecule has 0 fully saturated rings. The predicted molar refractivity (Wildman–Crippen MR) is 144 cm³/mol. The van der Waals surface area contributed by atoms with Gasteiger partial charge in [0.1, 0.15) is 11.4 Å². The summed E-state index contributed by atoms with van der Waals surface area (Å²) in [5.74, 6) is 0.127. The molecule has 4 aromatic carbocycles. The molecule has 4 nitrogen and oxygen atoms in total. The molecule has 0 saturated carbocycles. The van der Waals surface area contributed by atoms with E-state index in [4.69, 9.17) is 0 Å². The quantitative estimate of drug-likeness (QED) is 0.262. The van der Waals surface area contributed by atoms with Crippen LogP contribution in [0.15, 0.2) is 133 Å². The van der Waals surface area contributed by atoms with Gasteiger partial charge < -0.3 is 0 Å². The maximum absolute atomic E-state index is 4.67. The van der Waals surface area contributed by atoms with Gasteiger partial charge in [0, 0.05) is 11.4 Å². The highest BCUT2D eigenvalue weighted by molar-refractivity contribution is 5.58. The van der Waals surface area contributed by atoms with Crippen molar-refractivity contribution >= 4 is 0 Å². The van der Waals surface area contributed by atoms with E-state index in [-0.39, 0.29) is 11.8 Å². The zero-order valence-electron chi connectivity index (χ0n) is 19.8. The van der Waals surface area contributed by atoms with Crippen molar-refractivity contribution in [2.24, 2.45) is 0 Å². The van der Waals surface area contributed by atoms with Crippen LogP contribution in [0.4, 0.5) is 0 Å². The molecule has 4 heteroatoms. The maximum atomic E-state index is 4.67. The molecule has 0 saturated heterocycles. The Bertz CT molecular complexity index is 1320. The van der Waals surface area contributed by atoms with Gasteiger partial charge in [0.25, 0.3) is 0 Å². The van der Waals surface area contributed by atoms with Gasteiger partial charge in [0.05, 0.1) is 11.8 Å². The van der Waals surface area contributed by atoms with E-state index >= 15 is 0 Å². The van der Waals surface area contributed by atoms with Crippen molar-refractivity contribution in [3.63, 3.8) is 0 Å². The lowest BCUT2D eigenvalue weighted by atomic mass is 9.88. The van der Waals surface area contributed by atoms with Gasteiger partial charge >= 0.3 is 0 Å². The average molecular weight is 467 g/mol. The van der Waals surface area contributed by atoms with Gasteiger partial charge in [-0.3, -0.25) is 10.2 Å². The van der Waals surface area contributed by atoms with E-state index in [2.05, 4.69) is 130 Å². The Balaban J connectivity index is 1.37. The fourth-order valence-corrected chi connectivity index (χ4v) is 4.92. The van der Waals surface area contributed by atoms with Crippen molar-refractivity contribution in [3.8, 4) is 11.4 Å². The van der Waals surface area contributed by atoms with Crippen molar-refractivity contribution in [2.45, 2.75) is 11.8 Å². The lowest BCUT2D eigenvalue weighted by molar-refractivity contribution is 0.890. The summed E-state index contributed by atoms with van der Waals surface area (Å²) in [5, 5.41) is 15.9. The molecule has 2 aromatic heterocycles. The summed E-state index contributed by atoms with van der Waals surface area (Å²) in [4.78, 5) is 0. The first-order chi connectivity index (χ1) is 17.9. The third-order valence-electron chi connectivity index (χ3n) is 6.61. The number of hydrogen-bond donors (Lipinski definition) is 2. The second-order valence-corrected chi connectivity index (χ2v) is 8.93. The van der Waals surface area contributed by atoms with Crippen LogP contribution in [0, 0.1) is 0 Å². The van der Waals surface area contributed by atoms with E-state index in [0.717, 1.165) is 22.8 Å². The summed E-state index contributed by atoms with van der Waals surface area (Å²) in [6, 6.07) is 46.3. The van der Waals surface area contributed by atoms with Crippen LogP contribution in [0.5, 0.6) is 0 Å². The first-order valence-corrected chi connectivity index (χ1v) is 12.2. The number of aromatic amines is 2. The summed E-state index contributed by atoms with van der Waals surface area (Å²) in [6.07, 6.45) is 0. The van der Waals surface area contributed by atoms with Gasteiger partial charge in [-0.15, -0.1) is 0 Å². The first kappa shape index (κ1) is 21.8. The molecule has 2 N–H and O–H groups in total. The minimum Gasteiger partial charge on any atom is -0.281 e. The fourth-order valence-electron chi connectivity index (χ4n) is 4.92. The van der Waals surface area contributed by atoms with Crippen molar-refractivity contribution in [1.29, 1.82) is 0 Å². The molecular formula is C32H26N4. The molecule has 0 bridgehead atoms. The number of rotatable bonds is 7. The van der Waals surface area contributed by atoms with E-state index in [9.17, 15) is 0 Å². The smallest absolute Gasteiger partial charge is 0.113 e. The summed E-state index contributed by atoms with van der Waals surface area (Å²) < 4.78 is 0. The highest BCUT2D eigenvalue weighted by atomic mass is 15.2. The second kappa shape index (κ2) is 9.88. The molecule has 0 aliphatic heterocycles. The normalized spacial score (nSPS) is 11.3. The van der Waals surface area contributed by atoms with Crippen LogP contribution in [-0.2, 0) is 0 Å². The Hall–Kier alpha value is -4.70. The van der Waals surface area contributed by atoms with Crippen LogP contribution in [0.25, 0.3) is 11.4 Å². The number of benzene rings is 4. The highest BCUT2D eigenvalue weighted by Crippen LogP contribution is 2.34. The van der Waals surface area contributed by atoms with Crippen molar-refractivity contribution in [1.82, 2.24) is 20.4 Å². The monoisotopic (exact) mass is 466 g/mol. The molecule has 0 aliphatic rings. The molecule has 0 unspecified atom stereocenters. The standard InChI is InChI=1S/C32H26N4/c1-5-13-23(14-6-1)31(24-15-7-2-8-16-24)29-21-27(33-35-29)28-22-30(36-34-28)32(25-17-9-3-10-18-25)26-19-11-4-12-20-26/h1-22,31-32H,(H,33,35)(H,34,36). The van der Waals surface area contributed by atoms with Crippen LogP contribution in [0.1, 0.15) is 45.5 Å². The van der Waals surface area contributed by atoms with Crippen LogP contribution in [0.3, 0.4) is 0 Å². The van der Waals surface area contributed by atoms with Crippen LogP contribution >= 0.6 is 0 Å². The van der Waals surface area contributed by atoms with E-state index in [1.54, 1.807) is 0 Å². The van der Waals surface area contributed by atoms with E-state index in [1.165, 1.54) is 22.3 Å².